The van der Waals surface area contributed by atoms with Crippen molar-refractivity contribution < 1.29 is 5.11 Å². The summed E-state index contributed by atoms with van der Waals surface area (Å²) in [4.78, 5) is 0. The zero-order valence-corrected chi connectivity index (χ0v) is 8.49. The van der Waals surface area contributed by atoms with E-state index in [1.165, 1.54) is 24.3 Å². The van der Waals surface area contributed by atoms with E-state index in [0.29, 0.717) is 6.61 Å². The van der Waals surface area contributed by atoms with Crippen molar-refractivity contribution >= 4 is 11.8 Å². The molecule has 2 heteroatoms. The predicted octanol–water partition coefficient (Wildman–Crippen LogP) is 2.54. The molecule has 0 aromatic heterocycles. The van der Waals surface area contributed by atoms with Crippen molar-refractivity contribution in [1.29, 1.82) is 0 Å². The van der Waals surface area contributed by atoms with E-state index in [1.54, 1.807) is 0 Å². The third-order valence-corrected chi connectivity index (χ3v) is 2.88. The number of aliphatic hydroxyl groups excluding tert-OH is 1. The Morgan fingerprint density at radius 3 is 2.45 bits per heavy atom. The Balaban J connectivity index is 2.80. The smallest absolute Gasteiger partial charge is 0.0431 e. The number of hydrogen-bond acceptors (Lipinski definition) is 2. The average molecular weight is 176 g/mol. The summed E-state index contributed by atoms with van der Waals surface area (Å²) in [6.45, 7) is 4.86. The van der Waals surface area contributed by atoms with E-state index in [1.807, 2.05) is 11.8 Å². The maximum Gasteiger partial charge on any atom is 0.0431 e. The van der Waals surface area contributed by atoms with Gasteiger partial charge in [-0.2, -0.15) is 11.8 Å². The monoisotopic (exact) mass is 176 g/mol. The SMILES string of the molecule is CC(C)CSCCCCCO. The van der Waals surface area contributed by atoms with Crippen LogP contribution in [0.25, 0.3) is 0 Å². The molecule has 0 amide bonds. The van der Waals surface area contributed by atoms with E-state index >= 15 is 0 Å². The molecule has 0 saturated heterocycles. The van der Waals surface area contributed by atoms with Gasteiger partial charge in [-0.3, -0.25) is 0 Å². The van der Waals surface area contributed by atoms with Crippen molar-refractivity contribution in [2.75, 3.05) is 18.1 Å². The first-order valence-electron chi connectivity index (χ1n) is 4.46. The predicted molar refractivity (Wildman–Crippen MR) is 53.1 cm³/mol. The summed E-state index contributed by atoms with van der Waals surface area (Å²) in [5.74, 6) is 3.36. The summed E-state index contributed by atoms with van der Waals surface area (Å²) in [6.07, 6.45) is 3.42. The Kier molecular flexibility index (Phi) is 8.64. The van der Waals surface area contributed by atoms with Gasteiger partial charge in [-0.1, -0.05) is 20.3 Å². The van der Waals surface area contributed by atoms with Crippen LogP contribution in [0.4, 0.5) is 0 Å². The first-order chi connectivity index (χ1) is 5.27. The highest BCUT2D eigenvalue weighted by Gasteiger charge is 1.93. The minimum atomic E-state index is 0.356. The molecule has 1 N–H and O–H groups in total. The van der Waals surface area contributed by atoms with Crippen LogP contribution in [0.3, 0.4) is 0 Å². The molecule has 0 aliphatic heterocycles. The summed E-state index contributed by atoms with van der Waals surface area (Å²) >= 11 is 2.03. The van der Waals surface area contributed by atoms with Crippen LogP contribution in [0.2, 0.25) is 0 Å². The van der Waals surface area contributed by atoms with Crippen molar-refractivity contribution in [1.82, 2.24) is 0 Å². The largest absolute Gasteiger partial charge is 0.396 e. The molecule has 0 fully saturated rings. The van der Waals surface area contributed by atoms with Crippen LogP contribution in [0.15, 0.2) is 0 Å². The maximum absolute atomic E-state index is 8.50. The van der Waals surface area contributed by atoms with Crippen LogP contribution < -0.4 is 0 Å². The Bertz CT molecular complexity index is 74.0. The summed E-state index contributed by atoms with van der Waals surface area (Å²) in [5, 5.41) is 8.50. The Morgan fingerprint density at radius 1 is 1.18 bits per heavy atom. The number of unbranched alkanes of at least 4 members (excludes halogenated alkanes) is 2. The fraction of sp³-hybridized carbons (Fsp3) is 1.00. The molecule has 0 rings (SSSR count). The summed E-state index contributed by atoms with van der Waals surface area (Å²) in [7, 11) is 0. The summed E-state index contributed by atoms with van der Waals surface area (Å²) < 4.78 is 0. The van der Waals surface area contributed by atoms with E-state index in [-0.39, 0.29) is 0 Å². The van der Waals surface area contributed by atoms with Gasteiger partial charge in [-0.25, -0.2) is 0 Å². The van der Waals surface area contributed by atoms with E-state index < -0.39 is 0 Å². The van der Waals surface area contributed by atoms with Gasteiger partial charge >= 0.3 is 0 Å². The van der Waals surface area contributed by atoms with Gasteiger partial charge in [0, 0.05) is 6.61 Å². The molecular formula is C9H20OS. The van der Waals surface area contributed by atoms with Crippen LogP contribution in [0, 0.1) is 5.92 Å². The van der Waals surface area contributed by atoms with Crippen molar-refractivity contribution in [2.24, 2.45) is 5.92 Å². The summed E-state index contributed by atoms with van der Waals surface area (Å²) in [5.41, 5.74) is 0. The fourth-order valence-electron chi connectivity index (χ4n) is 0.812. The second-order valence-electron chi connectivity index (χ2n) is 3.25. The first kappa shape index (κ1) is 11.3. The van der Waals surface area contributed by atoms with Crippen LogP contribution in [-0.2, 0) is 0 Å². The molecule has 0 aliphatic rings. The topological polar surface area (TPSA) is 20.2 Å². The second kappa shape index (κ2) is 8.41. The Hall–Kier alpha value is 0.310. The van der Waals surface area contributed by atoms with Crippen molar-refractivity contribution in [2.45, 2.75) is 33.1 Å². The molecule has 0 aromatic carbocycles. The van der Waals surface area contributed by atoms with E-state index in [0.717, 1.165) is 12.3 Å². The van der Waals surface area contributed by atoms with Crippen LogP contribution in [-0.4, -0.2) is 23.2 Å². The number of thioether (sulfide) groups is 1. The molecule has 0 bridgehead atoms. The van der Waals surface area contributed by atoms with Crippen molar-refractivity contribution in [3.8, 4) is 0 Å². The van der Waals surface area contributed by atoms with Gasteiger partial charge in [0.1, 0.15) is 0 Å². The van der Waals surface area contributed by atoms with Gasteiger partial charge in [0.05, 0.1) is 0 Å². The highest BCUT2D eigenvalue weighted by atomic mass is 32.2. The van der Waals surface area contributed by atoms with Crippen LogP contribution in [0.5, 0.6) is 0 Å². The minimum Gasteiger partial charge on any atom is -0.396 e. The fourth-order valence-corrected chi connectivity index (χ4v) is 1.86. The normalized spacial score (nSPS) is 10.9. The molecule has 0 unspecified atom stereocenters. The van der Waals surface area contributed by atoms with E-state index in [2.05, 4.69) is 13.8 Å². The van der Waals surface area contributed by atoms with Gasteiger partial charge in [-0.05, 0) is 30.3 Å². The van der Waals surface area contributed by atoms with Crippen molar-refractivity contribution in [3.63, 3.8) is 0 Å². The van der Waals surface area contributed by atoms with Crippen molar-refractivity contribution in [3.05, 3.63) is 0 Å². The number of hydrogen-bond donors (Lipinski definition) is 1. The summed E-state index contributed by atoms with van der Waals surface area (Å²) in [6, 6.07) is 0. The van der Waals surface area contributed by atoms with Gasteiger partial charge in [0.15, 0.2) is 0 Å². The lowest BCUT2D eigenvalue weighted by Gasteiger charge is -2.03. The zero-order chi connectivity index (χ0) is 8.53. The molecule has 1 nitrogen and oxygen atoms in total. The lowest BCUT2D eigenvalue weighted by Crippen LogP contribution is -1.92. The molecule has 0 aliphatic carbocycles. The highest BCUT2D eigenvalue weighted by molar-refractivity contribution is 7.99. The molecular weight excluding hydrogens is 156 g/mol. The molecule has 0 aromatic rings. The quantitative estimate of drug-likeness (QED) is 0.602. The third-order valence-electron chi connectivity index (χ3n) is 1.40. The highest BCUT2D eigenvalue weighted by Crippen LogP contribution is 2.10. The molecule has 0 spiro atoms. The van der Waals surface area contributed by atoms with Crippen LogP contribution in [0.1, 0.15) is 33.1 Å². The minimum absolute atomic E-state index is 0.356. The zero-order valence-electron chi connectivity index (χ0n) is 7.68. The lowest BCUT2D eigenvalue weighted by atomic mass is 10.3. The van der Waals surface area contributed by atoms with E-state index in [4.69, 9.17) is 5.11 Å². The molecule has 68 valence electrons. The van der Waals surface area contributed by atoms with Gasteiger partial charge in [-0.15, -0.1) is 0 Å². The lowest BCUT2D eigenvalue weighted by molar-refractivity contribution is 0.284. The molecule has 0 heterocycles. The number of aliphatic hydroxyl groups is 1. The first-order valence-corrected chi connectivity index (χ1v) is 5.61. The molecule has 11 heavy (non-hydrogen) atoms. The number of rotatable bonds is 7. The standard InChI is InChI=1S/C9H20OS/c1-9(2)8-11-7-5-3-4-6-10/h9-10H,3-8H2,1-2H3. The van der Waals surface area contributed by atoms with Crippen LogP contribution >= 0.6 is 11.8 Å². The second-order valence-corrected chi connectivity index (χ2v) is 4.40. The molecule has 0 atom stereocenters. The Morgan fingerprint density at radius 2 is 1.91 bits per heavy atom. The van der Waals surface area contributed by atoms with E-state index in [9.17, 15) is 0 Å². The molecule has 0 saturated carbocycles. The third kappa shape index (κ3) is 10.3. The maximum atomic E-state index is 8.50. The van der Waals surface area contributed by atoms with Gasteiger partial charge < -0.3 is 5.11 Å². The van der Waals surface area contributed by atoms with Gasteiger partial charge in [0.2, 0.25) is 0 Å². The Labute approximate surface area is 74.6 Å². The molecule has 0 radical (unpaired) electrons. The average Bonchev–Trinajstić information content (AvgIpc) is 1.96. The van der Waals surface area contributed by atoms with Gasteiger partial charge in [0.25, 0.3) is 0 Å².